The van der Waals surface area contributed by atoms with E-state index in [2.05, 4.69) is 24.7 Å². The first-order valence-corrected chi connectivity index (χ1v) is 16.6. The molecule has 0 aromatic heterocycles. The summed E-state index contributed by atoms with van der Waals surface area (Å²) in [7, 11) is -3.89. The molecule has 3 aromatic rings. The normalized spacial score (nSPS) is 15.8. The van der Waals surface area contributed by atoms with Crippen LogP contribution in [0.1, 0.15) is 37.8 Å². The van der Waals surface area contributed by atoms with Gasteiger partial charge in [-0.15, -0.1) is 4.40 Å². The summed E-state index contributed by atoms with van der Waals surface area (Å²) >= 11 is 0. The maximum Gasteiger partial charge on any atom is 0.345 e. The third-order valence-electron chi connectivity index (χ3n) is 6.75. The van der Waals surface area contributed by atoms with E-state index in [0.717, 1.165) is 16.9 Å². The Morgan fingerprint density at radius 1 is 0.978 bits per heavy atom. The number of aliphatic hydroxyl groups excluding tert-OH is 1. The molecule has 13 heteroatoms. The number of amidine groups is 2. The molecule has 12 nitrogen and oxygen atoms in total. The fraction of sp³-hybridized carbons (Fsp3) is 0.364. The summed E-state index contributed by atoms with van der Waals surface area (Å²) in [4.78, 5) is 15.8. The smallest absolute Gasteiger partial charge is 0.345 e. The SMILES string of the molecule is CCOC(=O)CCCN=C1NS(=O)(=O)N=C1Nc1ccc(CC(C)NC[C@H](O)COc2ccc(OCc3ccccc3)cc2)cc1. The number of carbonyl (C=O) groups excluding carboxylic acids is 1. The van der Waals surface area contributed by atoms with Crippen LogP contribution in [0.25, 0.3) is 0 Å². The highest BCUT2D eigenvalue weighted by molar-refractivity contribution is 7.89. The molecule has 4 N–H and O–H groups in total. The van der Waals surface area contributed by atoms with Crippen LogP contribution in [0.15, 0.2) is 88.3 Å². The largest absolute Gasteiger partial charge is 0.491 e. The summed E-state index contributed by atoms with van der Waals surface area (Å²) in [6.45, 7) is 5.31. The van der Waals surface area contributed by atoms with Gasteiger partial charge in [-0.2, -0.15) is 8.42 Å². The predicted molar refractivity (Wildman–Crippen MR) is 178 cm³/mol. The van der Waals surface area contributed by atoms with Crippen LogP contribution in [-0.4, -0.2) is 69.6 Å². The highest BCUT2D eigenvalue weighted by Crippen LogP contribution is 2.19. The summed E-state index contributed by atoms with van der Waals surface area (Å²) in [5.41, 5.74) is 2.79. The van der Waals surface area contributed by atoms with Crippen molar-refractivity contribution < 1.29 is 32.5 Å². The Morgan fingerprint density at radius 2 is 1.67 bits per heavy atom. The van der Waals surface area contributed by atoms with Crippen molar-refractivity contribution in [1.29, 1.82) is 0 Å². The molecule has 0 spiro atoms. The van der Waals surface area contributed by atoms with Crippen molar-refractivity contribution in [3.05, 3.63) is 90.0 Å². The first-order valence-electron chi connectivity index (χ1n) is 15.2. The fourth-order valence-electron chi connectivity index (χ4n) is 4.44. The van der Waals surface area contributed by atoms with Gasteiger partial charge in [0.1, 0.15) is 30.8 Å². The van der Waals surface area contributed by atoms with Crippen molar-refractivity contribution in [1.82, 2.24) is 10.0 Å². The van der Waals surface area contributed by atoms with Gasteiger partial charge in [-0.05, 0) is 74.2 Å². The Kier molecular flexibility index (Phi) is 12.9. The molecule has 1 aliphatic heterocycles. The molecular formula is C33H41N5O7S. The van der Waals surface area contributed by atoms with E-state index in [1.807, 2.05) is 85.8 Å². The molecule has 0 radical (unpaired) electrons. The van der Waals surface area contributed by atoms with Gasteiger partial charge in [0.05, 0.1) is 6.61 Å². The second kappa shape index (κ2) is 17.3. The topological polar surface area (TPSA) is 160 Å². The highest BCUT2D eigenvalue weighted by atomic mass is 32.2. The first-order chi connectivity index (χ1) is 22.2. The van der Waals surface area contributed by atoms with E-state index in [1.165, 1.54) is 0 Å². The molecule has 0 aliphatic carbocycles. The number of hydrogen-bond acceptors (Lipinski definition) is 10. The third kappa shape index (κ3) is 11.8. The van der Waals surface area contributed by atoms with Gasteiger partial charge in [0.15, 0.2) is 11.7 Å². The lowest BCUT2D eigenvalue weighted by atomic mass is 10.1. The van der Waals surface area contributed by atoms with Crippen LogP contribution in [0.3, 0.4) is 0 Å². The van der Waals surface area contributed by atoms with E-state index in [-0.39, 0.29) is 43.3 Å². The van der Waals surface area contributed by atoms with Gasteiger partial charge in [-0.3, -0.25) is 9.79 Å². The molecule has 0 saturated heterocycles. The lowest BCUT2D eigenvalue weighted by Crippen LogP contribution is -2.37. The van der Waals surface area contributed by atoms with Crippen molar-refractivity contribution in [3.8, 4) is 11.5 Å². The minimum atomic E-state index is -3.89. The van der Waals surface area contributed by atoms with Gasteiger partial charge in [0.25, 0.3) is 0 Å². The molecule has 1 unspecified atom stereocenters. The molecule has 1 heterocycles. The van der Waals surface area contributed by atoms with Gasteiger partial charge in [-0.25, -0.2) is 4.72 Å². The maximum atomic E-state index is 12.0. The predicted octanol–water partition coefficient (Wildman–Crippen LogP) is 3.63. The van der Waals surface area contributed by atoms with Crippen LogP contribution in [-0.2, 0) is 32.8 Å². The summed E-state index contributed by atoms with van der Waals surface area (Å²) < 4.78 is 46.5. The number of carbonyl (C=O) groups is 1. The molecular weight excluding hydrogens is 610 g/mol. The number of aliphatic imine (C=N–C) groups is 1. The Bertz CT molecular complexity index is 1560. The van der Waals surface area contributed by atoms with Crippen molar-refractivity contribution in [2.45, 2.75) is 51.9 Å². The summed E-state index contributed by atoms with van der Waals surface area (Å²) in [5, 5.41) is 16.8. The molecule has 4 rings (SSSR count). The van der Waals surface area contributed by atoms with Crippen molar-refractivity contribution in [3.63, 3.8) is 0 Å². The van der Waals surface area contributed by atoms with Gasteiger partial charge in [0.2, 0.25) is 0 Å². The lowest BCUT2D eigenvalue weighted by molar-refractivity contribution is -0.143. The molecule has 0 fully saturated rings. The van der Waals surface area contributed by atoms with E-state index in [0.29, 0.717) is 44.0 Å². The molecule has 0 amide bonds. The number of benzene rings is 3. The van der Waals surface area contributed by atoms with E-state index >= 15 is 0 Å². The summed E-state index contributed by atoms with van der Waals surface area (Å²) in [6, 6.07) is 24.9. The second-order valence-corrected chi connectivity index (χ2v) is 12.0. The summed E-state index contributed by atoms with van der Waals surface area (Å²) in [5.74, 6) is 1.25. The quantitative estimate of drug-likeness (QED) is 0.126. The standard InChI is InChI=1S/C33H41N5O7S/c1-3-43-31(40)10-7-19-34-32-33(38-46(41,42)37-32)36-27-13-11-25(12-14-27)20-24(2)35-21-28(39)23-45-30-17-15-29(16-18-30)44-22-26-8-5-4-6-9-26/h4-6,8-9,11-18,24,28,35,39H,3,7,10,19-23H2,1-2H3,(H,34,37)(H,36,38)/t24?,28-/m0/s1. The van der Waals surface area contributed by atoms with Gasteiger partial charge >= 0.3 is 16.2 Å². The third-order valence-corrected chi connectivity index (χ3v) is 7.62. The minimum absolute atomic E-state index is 0.0800. The number of rotatable bonds is 17. The molecule has 246 valence electrons. The van der Waals surface area contributed by atoms with Crippen molar-refractivity contribution in [2.75, 3.05) is 31.6 Å². The zero-order chi connectivity index (χ0) is 32.8. The number of ether oxygens (including phenoxy) is 3. The number of anilines is 1. The Balaban J connectivity index is 1.16. The van der Waals surface area contributed by atoms with Crippen LogP contribution in [0.4, 0.5) is 5.69 Å². The van der Waals surface area contributed by atoms with Crippen LogP contribution >= 0.6 is 0 Å². The maximum absolute atomic E-state index is 12.0. The van der Waals surface area contributed by atoms with Crippen LogP contribution in [0.2, 0.25) is 0 Å². The molecule has 3 aromatic carbocycles. The zero-order valence-corrected chi connectivity index (χ0v) is 26.8. The van der Waals surface area contributed by atoms with E-state index < -0.39 is 16.3 Å². The number of aliphatic hydroxyl groups is 1. The molecule has 0 bridgehead atoms. The Labute approximate surface area is 270 Å². The van der Waals surface area contributed by atoms with E-state index in [4.69, 9.17) is 14.2 Å². The molecule has 2 atom stereocenters. The van der Waals surface area contributed by atoms with E-state index in [9.17, 15) is 18.3 Å². The Morgan fingerprint density at radius 3 is 2.37 bits per heavy atom. The molecule has 0 saturated carbocycles. The van der Waals surface area contributed by atoms with Crippen LogP contribution in [0.5, 0.6) is 11.5 Å². The fourth-order valence-corrected chi connectivity index (χ4v) is 5.27. The Hall–Kier alpha value is -4.46. The number of nitrogens with zero attached hydrogens (tertiary/aromatic N) is 2. The average molecular weight is 652 g/mol. The molecule has 1 aliphatic rings. The second-order valence-electron chi connectivity index (χ2n) is 10.7. The minimum Gasteiger partial charge on any atom is -0.491 e. The lowest BCUT2D eigenvalue weighted by Gasteiger charge is -2.18. The number of hydrogen-bond donors (Lipinski definition) is 4. The zero-order valence-electron chi connectivity index (χ0n) is 26.0. The van der Waals surface area contributed by atoms with Gasteiger partial charge in [-0.1, -0.05) is 42.5 Å². The highest BCUT2D eigenvalue weighted by Gasteiger charge is 2.26. The number of esters is 1. The van der Waals surface area contributed by atoms with Gasteiger partial charge in [0, 0.05) is 31.2 Å². The van der Waals surface area contributed by atoms with Crippen molar-refractivity contribution in [2.24, 2.45) is 9.39 Å². The summed E-state index contributed by atoms with van der Waals surface area (Å²) in [6.07, 6.45) is 0.630. The van der Waals surface area contributed by atoms with Crippen LogP contribution in [0, 0.1) is 0 Å². The average Bonchev–Trinajstić information content (AvgIpc) is 3.34. The number of nitrogens with one attached hydrogen (secondary N) is 3. The molecule has 46 heavy (non-hydrogen) atoms. The first kappa shape index (κ1) is 34.4. The monoisotopic (exact) mass is 651 g/mol. The van der Waals surface area contributed by atoms with E-state index in [1.54, 1.807) is 6.92 Å². The van der Waals surface area contributed by atoms with Gasteiger partial charge < -0.3 is 30.0 Å². The van der Waals surface area contributed by atoms with Crippen LogP contribution < -0.4 is 24.8 Å². The van der Waals surface area contributed by atoms with Crippen molar-refractivity contribution >= 4 is 33.5 Å².